The van der Waals surface area contributed by atoms with Crippen LogP contribution in [-0.2, 0) is 5.41 Å². The van der Waals surface area contributed by atoms with E-state index < -0.39 is 6.10 Å². The van der Waals surface area contributed by atoms with Crippen LogP contribution in [-0.4, -0.2) is 21.6 Å². The first kappa shape index (κ1) is 12.5. The number of hydrogen-bond donors (Lipinski definition) is 2. The molecule has 0 radical (unpaired) electrons. The lowest BCUT2D eigenvalue weighted by Gasteiger charge is -2.18. The lowest BCUT2D eigenvalue weighted by Crippen LogP contribution is -2.20. The van der Waals surface area contributed by atoms with Gasteiger partial charge >= 0.3 is 0 Å². The molecule has 5 heteroatoms. The molecule has 1 unspecified atom stereocenters. The molecule has 1 atom stereocenters. The maximum absolute atomic E-state index is 9.65. The van der Waals surface area contributed by atoms with Crippen molar-refractivity contribution in [2.24, 2.45) is 5.73 Å². The second kappa shape index (κ2) is 4.55. The van der Waals surface area contributed by atoms with E-state index in [-0.39, 0.29) is 12.0 Å². The summed E-state index contributed by atoms with van der Waals surface area (Å²) in [5.74, 6) is 0.702. The molecule has 0 aliphatic rings. The summed E-state index contributed by atoms with van der Waals surface area (Å²) in [7, 11) is 0. The molecule has 1 heterocycles. The number of aliphatic hydroxyl groups is 1. The summed E-state index contributed by atoms with van der Waals surface area (Å²) in [4.78, 5) is 8.54. The molecule has 0 amide bonds. The Labute approximate surface area is 98.1 Å². The maximum atomic E-state index is 9.65. The largest absolute Gasteiger partial charge is 0.385 e. The molecule has 1 rings (SSSR count). The summed E-state index contributed by atoms with van der Waals surface area (Å²) in [5.41, 5.74) is 5.82. The van der Waals surface area contributed by atoms with Gasteiger partial charge < -0.3 is 10.8 Å². The van der Waals surface area contributed by atoms with E-state index in [0.717, 1.165) is 0 Å². The van der Waals surface area contributed by atoms with Crippen LogP contribution in [0.5, 0.6) is 0 Å². The Bertz CT molecular complexity index is 349. The maximum Gasteiger partial charge on any atom is 0.134 e. The van der Waals surface area contributed by atoms with Gasteiger partial charge in [0.05, 0.1) is 10.2 Å². The third-order valence-electron chi connectivity index (χ3n) is 1.98. The molecule has 0 saturated carbocycles. The van der Waals surface area contributed by atoms with Gasteiger partial charge in [0, 0.05) is 18.2 Å². The molecule has 0 aromatic carbocycles. The highest BCUT2D eigenvalue weighted by molar-refractivity contribution is 9.10. The van der Waals surface area contributed by atoms with Gasteiger partial charge in [0.2, 0.25) is 0 Å². The van der Waals surface area contributed by atoms with Crippen LogP contribution in [0.3, 0.4) is 0 Å². The number of nitrogens with two attached hydrogens (primary N) is 1. The van der Waals surface area contributed by atoms with Gasteiger partial charge in [0.1, 0.15) is 11.9 Å². The van der Waals surface area contributed by atoms with Crippen LogP contribution < -0.4 is 5.73 Å². The topological polar surface area (TPSA) is 72.0 Å². The second-order valence-electron chi connectivity index (χ2n) is 4.43. The fourth-order valence-electron chi connectivity index (χ4n) is 1.09. The Kier molecular flexibility index (Phi) is 3.81. The number of halogens is 1. The minimum absolute atomic E-state index is 0.135. The predicted molar refractivity (Wildman–Crippen MR) is 62.4 cm³/mol. The Morgan fingerprint density at radius 2 is 2.13 bits per heavy atom. The molecule has 0 spiro atoms. The molecule has 0 saturated heterocycles. The summed E-state index contributed by atoms with van der Waals surface area (Å²) in [6, 6.07) is 0. The van der Waals surface area contributed by atoms with Gasteiger partial charge in [-0.2, -0.15) is 0 Å². The Hall–Kier alpha value is -0.520. The number of hydrogen-bond acceptors (Lipinski definition) is 4. The number of aliphatic hydroxyl groups excluding tert-OH is 1. The van der Waals surface area contributed by atoms with E-state index in [1.807, 2.05) is 20.8 Å². The van der Waals surface area contributed by atoms with Gasteiger partial charge in [-0.25, -0.2) is 9.97 Å². The predicted octanol–water partition coefficient (Wildman–Crippen LogP) is 1.53. The minimum Gasteiger partial charge on any atom is -0.385 e. The monoisotopic (exact) mass is 273 g/mol. The normalized spacial score (nSPS) is 14.0. The molecule has 0 fully saturated rings. The summed E-state index contributed by atoms with van der Waals surface area (Å²) in [6.07, 6.45) is 0.908. The van der Waals surface area contributed by atoms with Gasteiger partial charge in [-0.1, -0.05) is 20.8 Å². The van der Waals surface area contributed by atoms with Crippen LogP contribution in [0, 0.1) is 0 Å². The van der Waals surface area contributed by atoms with E-state index in [9.17, 15) is 5.11 Å². The van der Waals surface area contributed by atoms with Gasteiger partial charge in [-0.05, 0) is 15.9 Å². The van der Waals surface area contributed by atoms with Crippen molar-refractivity contribution in [2.45, 2.75) is 32.3 Å². The van der Waals surface area contributed by atoms with Crippen molar-refractivity contribution < 1.29 is 5.11 Å². The summed E-state index contributed by atoms with van der Waals surface area (Å²) in [6.45, 7) is 6.22. The zero-order valence-electron chi connectivity index (χ0n) is 9.16. The van der Waals surface area contributed by atoms with Crippen molar-refractivity contribution in [3.05, 3.63) is 22.2 Å². The Morgan fingerprint density at radius 3 is 2.60 bits per heavy atom. The molecule has 3 N–H and O–H groups in total. The minimum atomic E-state index is -0.747. The van der Waals surface area contributed by atoms with E-state index in [0.29, 0.717) is 16.0 Å². The van der Waals surface area contributed by atoms with E-state index >= 15 is 0 Å². The van der Waals surface area contributed by atoms with Crippen molar-refractivity contribution in [2.75, 3.05) is 6.54 Å². The molecular formula is C10H16BrN3O. The molecule has 0 bridgehead atoms. The Balaban J connectivity index is 3.17. The molecule has 15 heavy (non-hydrogen) atoms. The first-order valence-electron chi connectivity index (χ1n) is 4.77. The van der Waals surface area contributed by atoms with E-state index in [1.54, 1.807) is 6.20 Å². The van der Waals surface area contributed by atoms with Crippen LogP contribution in [0.25, 0.3) is 0 Å². The van der Waals surface area contributed by atoms with Gasteiger partial charge in [0.25, 0.3) is 0 Å². The quantitative estimate of drug-likeness (QED) is 0.857. The number of nitrogens with zero attached hydrogens (tertiary/aromatic N) is 2. The van der Waals surface area contributed by atoms with Crippen LogP contribution >= 0.6 is 15.9 Å². The molecule has 0 aliphatic heterocycles. The van der Waals surface area contributed by atoms with Gasteiger partial charge in [0.15, 0.2) is 0 Å². The van der Waals surface area contributed by atoms with Crippen LogP contribution in [0.2, 0.25) is 0 Å². The highest BCUT2D eigenvalue weighted by Crippen LogP contribution is 2.24. The lowest BCUT2D eigenvalue weighted by molar-refractivity contribution is 0.180. The van der Waals surface area contributed by atoms with E-state index in [4.69, 9.17) is 5.73 Å². The van der Waals surface area contributed by atoms with Crippen LogP contribution in [0.15, 0.2) is 10.7 Å². The summed E-state index contributed by atoms with van der Waals surface area (Å²) in [5, 5.41) is 9.65. The highest BCUT2D eigenvalue weighted by atomic mass is 79.9. The molecule has 84 valence electrons. The lowest BCUT2D eigenvalue weighted by atomic mass is 9.95. The fourth-order valence-corrected chi connectivity index (χ4v) is 1.54. The van der Waals surface area contributed by atoms with Crippen molar-refractivity contribution in [3.63, 3.8) is 0 Å². The Morgan fingerprint density at radius 1 is 1.53 bits per heavy atom. The smallest absolute Gasteiger partial charge is 0.134 e. The molecule has 4 nitrogen and oxygen atoms in total. The zero-order chi connectivity index (χ0) is 11.6. The highest BCUT2D eigenvalue weighted by Gasteiger charge is 2.20. The molecule has 1 aromatic heterocycles. The molecule has 1 aromatic rings. The van der Waals surface area contributed by atoms with Gasteiger partial charge in [-0.3, -0.25) is 0 Å². The van der Waals surface area contributed by atoms with E-state index in [2.05, 4.69) is 25.9 Å². The SMILES string of the molecule is CC(C)(C)c1ncc(Br)c(C(O)CN)n1. The average molecular weight is 274 g/mol. The second-order valence-corrected chi connectivity index (χ2v) is 5.28. The third-order valence-corrected chi connectivity index (χ3v) is 2.59. The van der Waals surface area contributed by atoms with Crippen molar-refractivity contribution >= 4 is 15.9 Å². The van der Waals surface area contributed by atoms with Crippen molar-refractivity contribution in [1.82, 2.24) is 9.97 Å². The van der Waals surface area contributed by atoms with Crippen LogP contribution in [0.1, 0.15) is 38.4 Å². The average Bonchev–Trinajstić information content (AvgIpc) is 2.15. The zero-order valence-corrected chi connectivity index (χ0v) is 10.7. The summed E-state index contributed by atoms with van der Waals surface area (Å²) >= 11 is 3.30. The van der Waals surface area contributed by atoms with Gasteiger partial charge in [-0.15, -0.1) is 0 Å². The number of aromatic nitrogens is 2. The molecule has 0 aliphatic carbocycles. The first-order valence-corrected chi connectivity index (χ1v) is 5.56. The third kappa shape index (κ3) is 2.96. The van der Waals surface area contributed by atoms with Crippen molar-refractivity contribution in [1.29, 1.82) is 0 Å². The van der Waals surface area contributed by atoms with E-state index in [1.165, 1.54) is 0 Å². The van der Waals surface area contributed by atoms with Crippen LogP contribution in [0.4, 0.5) is 0 Å². The summed E-state index contributed by atoms with van der Waals surface area (Å²) < 4.78 is 0.688. The van der Waals surface area contributed by atoms with Crippen molar-refractivity contribution in [3.8, 4) is 0 Å². The standard InChI is InChI=1S/C10H16BrN3O/c1-10(2,3)9-13-5-6(11)8(14-9)7(15)4-12/h5,7,15H,4,12H2,1-3H3. The number of rotatable bonds is 2. The fraction of sp³-hybridized carbons (Fsp3) is 0.600. The molecular weight excluding hydrogens is 258 g/mol. The first-order chi connectivity index (χ1) is 6.86.